The molecule has 1 unspecified atom stereocenters. The molecule has 1 atom stereocenters. The van der Waals surface area contributed by atoms with Crippen molar-refractivity contribution in [3.63, 3.8) is 0 Å². The number of rotatable bonds is 6. The molecule has 0 saturated heterocycles. The van der Waals surface area contributed by atoms with E-state index in [1.807, 2.05) is 12.1 Å². The number of nitrogens with one attached hydrogen (secondary N) is 1. The van der Waals surface area contributed by atoms with Crippen LogP contribution in [0.2, 0.25) is 0 Å². The van der Waals surface area contributed by atoms with Gasteiger partial charge in [-0.1, -0.05) is 26.0 Å². The first-order chi connectivity index (χ1) is 10.5. The fourth-order valence-corrected chi connectivity index (χ4v) is 3.17. The first kappa shape index (κ1) is 16.9. The molecule has 3 nitrogen and oxygen atoms in total. The van der Waals surface area contributed by atoms with Gasteiger partial charge in [0.15, 0.2) is 0 Å². The van der Waals surface area contributed by atoms with Crippen molar-refractivity contribution < 1.29 is 14.3 Å². The minimum atomic E-state index is -0.662. The number of halogens is 1. The lowest BCUT2D eigenvalue weighted by molar-refractivity contribution is -0.142. The molecule has 2 N–H and O–H groups in total. The van der Waals surface area contributed by atoms with Crippen LogP contribution >= 0.6 is 0 Å². The van der Waals surface area contributed by atoms with Crippen molar-refractivity contribution in [2.45, 2.75) is 58.0 Å². The molecule has 0 aromatic heterocycles. The van der Waals surface area contributed by atoms with Crippen molar-refractivity contribution >= 4 is 5.97 Å². The van der Waals surface area contributed by atoms with Crippen molar-refractivity contribution in [2.75, 3.05) is 0 Å². The Labute approximate surface area is 131 Å². The highest BCUT2D eigenvalue weighted by atomic mass is 19.1. The summed E-state index contributed by atoms with van der Waals surface area (Å²) in [6, 6.07) is 7.41. The Morgan fingerprint density at radius 2 is 1.82 bits per heavy atom. The number of benzene rings is 1. The quantitative estimate of drug-likeness (QED) is 0.844. The van der Waals surface area contributed by atoms with Gasteiger partial charge >= 0.3 is 5.97 Å². The second kappa shape index (κ2) is 7.73. The number of hydrogen-bond donors (Lipinski definition) is 2. The van der Waals surface area contributed by atoms with Crippen LogP contribution in [0.3, 0.4) is 0 Å². The molecule has 22 heavy (non-hydrogen) atoms. The van der Waals surface area contributed by atoms with E-state index in [-0.39, 0.29) is 11.7 Å². The molecule has 0 aliphatic heterocycles. The Morgan fingerprint density at radius 1 is 1.23 bits per heavy atom. The lowest BCUT2D eigenvalue weighted by Crippen LogP contribution is -2.44. The summed E-state index contributed by atoms with van der Waals surface area (Å²) in [6.45, 7) is 4.37. The van der Waals surface area contributed by atoms with Crippen LogP contribution in [0.15, 0.2) is 24.3 Å². The average Bonchev–Trinajstić information content (AvgIpc) is 2.49. The van der Waals surface area contributed by atoms with Crippen LogP contribution in [0.1, 0.15) is 45.1 Å². The van der Waals surface area contributed by atoms with Crippen LogP contribution in [-0.2, 0) is 11.2 Å². The first-order valence-electron chi connectivity index (χ1n) is 8.19. The van der Waals surface area contributed by atoms with Crippen LogP contribution in [0.4, 0.5) is 4.39 Å². The van der Waals surface area contributed by atoms with Crippen molar-refractivity contribution in [1.29, 1.82) is 0 Å². The summed E-state index contributed by atoms with van der Waals surface area (Å²) in [5.74, 6) is -0.565. The van der Waals surface area contributed by atoms with E-state index in [4.69, 9.17) is 5.11 Å². The van der Waals surface area contributed by atoms with E-state index < -0.39 is 5.97 Å². The molecule has 1 aliphatic carbocycles. The molecule has 1 aliphatic rings. The minimum Gasteiger partial charge on any atom is -0.481 e. The van der Waals surface area contributed by atoms with Gasteiger partial charge in [-0.25, -0.2) is 4.39 Å². The summed E-state index contributed by atoms with van der Waals surface area (Å²) in [7, 11) is 0. The second-order valence-electron chi connectivity index (χ2n) is 6.73. The second-order valence-corrected chi connectivity index (χ2v) is 6.73. The van der Waals surface area contributed by atoms with Crippen molar-refractivity contribution in [3.05, 3.63) is 35.6 Å². The van der Waals surface area contributed by atoms with Crippen LogP contribution < -0.4 is 5.32 Å². The maximum atomic E-state index is 13.0. The maximum absolute atomic E-state index is 13.0. The summed E-state index contributed by atoms with van der Waals surface area (Å²) >= 11 is 0. The SMILES string of the molecule is CC(C)C(Cc1ccc(F)cc1)NC1CCC(C(=O)O)CC1. The van der Waals surface area contributed by atoms with Crippen LogP contribution in [0, 0.1) is 17.7 Å². The normalized spacial score (nSPS) is 23.5. The number of carboxylic acids is 1. The number of aliphatic carboxylic acids is 1. The lowest BCUT2D eigenvalue weighted by atomic mass is 9.85. The highest BCUT2D eigenvalue weighted by Crippen LogP contribution is 2.25. The van der Waals surface area contributed by atoms with E-state index in [2.05, 4.69) is 19.2 Å². The zero-order valence-electron chi connectivity index (χ0n) is 13.4. The topological polar surface area (TPSA) is 49.3 Å². The summed E-state index contributed by atoms with van der Waals surface area (Å²) < 4.78 is 13.0. The maximum Gasteiger partial charge on any atom is 0.306 e. The van der Waals surface area contributed by atoms with E-state index in [1.54, 1.807) is 0 Å². The Kier molecular flexibility index (Phi) is 5.95. The fraction of sp³-hybridized carbons (Fsp3) is 0.611. The summed E-state index contributed by atoms with van der Waals surface area (Å²) in [5, 5.41) is 12.8. The molecule has 0 amide bonds. The third kappa shape index (κ3) is 4.80. The number of carboxylic acid groups (broad SMARTS) is 1. The van der Waals surface area contributed by atoms with E-state index in [0.29, 0.717) is 18.0 Å². The standard InChI is InChI=1S/C18H26FNO2/c1-12(2)17(11-13-3-7-15(19)8-4-13)20-16-9-5-14(6-10-16)18(21)22/h3-4,7-8,12,14,16-17,20H,5-6,9-11H2,1-2H3,(H,21,22). The van der Waals surface area contributed by atoms with Gasteiger partial charge in [0.2, 0.25) is 0 Å². The lowest BCUT2D eigenvalue weighted by Gasteiger charge is -2.32. The zero-order valence-corrected chi connectivity index (χ0v) is 13.4. The predicted molar refractivity (Wildman–Crippen MR) is 85.2 cm³/mol. The molecule has 122 valence electrons. The molecule has 1 saturated carbocycles. The summed E-state index contributed by atoms with van der Waals surface area (Å²) in [6.07, 6.45) is 4.23. The van der Waals surface area contributed by atoms with Gasteiger partial charge in [-0.2, -0.15) is 0 Å². The Balaban J connectivity index is 1.89. The van der Waals surface area contributed by atoms with Gasteiger partial charge in [0.05, 0.1) is 5.92 Å². The third-order valence-corrected chi connectivity index (χ3v) is 4.70. The van der Waals surface area contributed by atoms with Gasteiger partial charge in [0.25, 0.3) is 0 Å². The Morgan fingerprint density at radius 3 is 2.32 bits per heavy atom. The molecule has 0 radical (unpaired) electrons. The first-order valence-corrected chi connectivity index (χ1v) is 8.19. The number of hydrogen-bond acceptors (Lipinski definition) is 2. The largest absolute Gasteiger partial charge is 0.481 e. The van der Waals surface area contributed by atoms with Crippen LogP contribution in [0.25, 0.3) is 0 Å². The van der Waals surface area contributed by atoms with Gasteiger partial charge in [0, 0.05) is 12.1 Å². The smallest absolute Gasteiger partial charge is 0.306 e. The van der Waals surface area contributed by atoms with Gasteiger partial charge in [-0.05, 0) is 55.7 Å². The highest BCUT2D eigenvalue weighted by Gasteiger charge is 2.27. The average molecular weight is 307 g/mol. The van der Waals surface area contributed by atoms with E-state index in [9.17, 15) is 9.18 Å². The zero-order chi connectivity index (χ0) is 16.1. The summed E-state index contributed by atoms with van der Waals surface area (Å²) in [5.41, 5.74) is 1.13. The molecule has 1 fully saturated rings. The Bertz CT molecular complexity index is 478. The van der Waals surface area contributed by atoms with Gasteiger partial charge in [-0.15, -0.1) is 0 Å². The molecular formula is C18H26FNO2. The minimum absolute atomic E-state index is 0.173. The van der Waals surface area contributed by atoms with E-state index >= 15 is 0 Å². The molecule has 1 aromatic carbocycles. The van der Waals surface area contributed by atoms with Crippen molar-refractivity contribution in [3.8, 4) is 0 Å². The van der Waals surface area contributed by atoms with Gasteiger partial charge in [0.1, 0.15) is 5.82 Å². The van der Waals surface area contributed by atoms with Gasteiger partial charge in [-0.3, -0.25) is 4.79 Å². The van der Waals surface area contributed by atoms with Crippen molar-refractivity contribution in [1.82, 2.24) is 5.32 Å². The number of carbonyl (C=O) groups is 1. The Hall–Kier alpha value is -1.42. The molecule has 4 heteroatoms. The van der Waals surface area contributed by atoms with E-state index in [1.165, 1.54) is 12.1 Å². The monoisotopic (exact) mass is 307 g/mol. The summed E-state index contributed by atoms with van der Waals surface area (Å²) in [4.78, 5) is 11.0. The molecule has 2 rings (SSSR count). The predicted octanol–water partition coefficient (Wildman–Crippen LogP) is 3.63. The molecule has 0 bridgehead atoms. The van der Waals surface area contributed by atoms with Crippen LogP contribution in [-0.4, -0.2) is 23.2 Å². The molecule has 0 spiro atoms. The molecule has 1 aromatic rings. The highest BCUT2D eigenvalue weighted by molar-refractivity contribution is 5.70. The third-order valence-electron chi connectivity index (χ3n) is 4.70. The van der Waals surface area contributed by atoms with Gasteiger partial charge < -0.3 is 10.4 Å². The molecular weight excluding hydrogens is 281 g/mol. The van der Waals surface area contributed by atoms with Crippen LogP contribution in [0.5, 0.6) is 0 Å². The van der Waals surface area contributed by atoms with Crippen molar-refractivity contribution in [2.24, 2.45) is 11.8 Å². The fourth-order valence-electron chi connectivity index (χ4n) is 3.17. The molecule has 0 heterocycles. The van der Waals surface area contributed by atoms with E-state index in [0.717, 1.165) is 37.7 Å².